The number of allylic oxidation sites excluding steroid dienone is 2. The topological polar surface area (TPSA) is 95.0 Å². The molecule has 2 saturated heterocycles. The molecule has 3 fully saturated rings. The van der Waals surface area contributed by atoms with Gasteiger partial charge in [-0.3, -0.25) is 24.1 Å². The van der Waals surface area contributed by atoms with E-state index < -0.39 is 35.0 Å². The van der Waals surface area contributed by atoms with Crippen LogP contribution in [0.2, 0.25) is 5.02 Å². The average Bonchev–Trinajstić information content (AvgIpc) is 3.34. The summed E-state index contributed by atoms with van der Waals surface area (Å²) in [7, 11) is 0. The Hall–Kier alpha value is -4.23. The first kappa shape index (κ1) is 25.7. The molecule has 4 amide bonds. The Morgan fingerprint density at radius 2 is 1.44 bits per heavy atom. The van der Waals surface area contributed by atoms with E-state index in [0.29, 0.717) is 28.4 Å². The fourth-order valence-electron chi connectivity index (χ4n) is 7.76. The number of hydrogen-bond donors (Lipinski definition) is 1. The second-order valence-electron chi connectivity index (χ2n) is 11.5. The van der Waals surface area contributed by atoms with Gasteiger partial charge >= 0.3 is 0 Å². The number of fused-ring (bicyclic) bond motifs is 4. The number of rotatable bonds is 3. The summed E-state index contributed by atoms with van der Waals surface area (Å²) in [5.41, 5.74) is 1.13. The van der Waals surface area contributed by atoms with Crippen molar-refractivity contribution in [2.24, 2.45) is 29.1 Å². The summed E-state index contributed by atoms with van der Waals surface area (Å²) in [6.07, 6.45) is 2.57. The number of carbonyl (C=O) groups excluding carboxylic acids is 4. The van der Waals surface area contributed by atoms with Gasteiger partial charge in [-0.2, -0.15) is 0 Å². The van der Waals surface area contributed by atoms with Crippen molar-refractivity contribution in [3.8, 4) is 5.75 Å². The summed E-state index contributed by atoms with van der Waals surface area (Å²) in [4.78, 5) is 58.6. The summed E-state index contributed by atoms with van der Waals surface area (Å²) >= 11 is 6.06. The summed E-state index contributed by atoms with van der Waals surface area (Å²) in [6, 6.07) is 22.3. The van der Waals surface area contributed by atoms with Crippen LogP contribution in [0.15, 0.2) is 90.5 Å². The van der Waals surface area contributed by atoms with Gasteiger partial charge in [-0.05, 0) is 68.1 Å². The van der Waals surface area contributed by atoms with Gasteiger partial charge in [-0.15, -0.1) is 0 Å². The number of phenolic OH excluding ortho intramolecular Hbond substituents is 1. The van der Waals surface area contributed by atoms with Crippen LogP contribution in [0, 0.1) is 29.1 Å². The van der Waals surface area contributed by atoms with E-state index in [1.54, 1.807) is 72.8 Å². The number of imide groups is 2. The number of anilines is 2. The van der Waals surface area contributed by atoms with Crippen molar-refractivity contribution in [1.82, 2.24) is 0 Å². The first-order chi connectivity index (χ1) is 19.7. The number of hydrogen-bond acceptors (Lipinski definition) is 5. The molecule has 1 N–H and O–H groups in total. The zero-order valence-corrected chi connectivity index (χ0v) is 23.0. The molecule has 0 unspecified atom stereocenters. The second-order valence-corrected chi connectivity index (χ2v) is 12.0. The number of aromatic hydroxyl groups is 1. The van der Waals surface area contributed by atoms with Crippen LogP contribution >= 0.6 is 11.6 Å². The Morgan fingerprint density at radius 3 is 2.15 bits per heavy atom. The maximum Gasteiger partial charge on any atom is 0.241 e. The lowest BCUT2D eigenvalue weighted by Gasteiger charge is -2.49. The molecular formula is C33H27ClN2O5. The summed E-state index contributed by atoms with van der Waals surface area (Å²) in [6.45, 7) is 1.81. The highest BCUT2D eigenvalue weighted by molar-refractivity contribution is 6.31. The molecule has 206 valence electrons. The van der Waals surface area contributed by atoms with Gasteiger partial charge in [0, 0.05) is 16.5 Å². The minimum atomic E-state index is -1.19. The molecule has 7 nitrogen and oxygen atoms in total. The zero-order valence-electron chi connectivity index (χ0n) is 22.2. The van der Waals surface area contributed by atoms with Crippen molar-refractivity contribution in [3.63, 3.8) is 0 Å². The van der Waals surface area contributed by atoms with Crippen molar-refractivity contribution >= 4 is 46.6 Å². The molecule has 0 aromatic heterocycles. The van der Waals surface area contributed by atoms with Crippen LogP contribution in [0.25, 0.3) is 0 Å². The Kier molecular flexibility index (Phi) is 5.74. The van der Waals surface area contributed by atoms with E-state index in [1.807, 2.05) is 19.1 Å². The van der Waals surface area contributed by atoms with Crippen molar-refractivity contribution < 1.29 is 24.3 Å². The minimum absolute atomic E-state index is 0.0242. The van der Waals surface area contributed by atoms with Gasteiger partial charge in [0.05, 0.1) is 34.5 Å². The van der Waals surface area contributed by atoms with Crippen LogP contribution in [0.4, 0.5) is 11.4 Å². The average molecular weight is 567 g/mol. The number of carbonyl (C=O) groups is 4. The number of phenols is 1. The third-order valence-corrected chi connectivity index (χ3v) is 9.87. The number of amides is 4. The Balaban J connectivity index is 1.37. The fraction of sp³-hybridized carbons (Fsp3) is 0.273. The Labute approximate surface area is 242 Å². The highest BCUT2D eigenvalue weighted by atomic mass is 35.5. The van der Waals surface area contributed by atoms with Gasteiger partial charge in [0.15, 0.2) is 0 Å². The third kappa shape index (κ3) is 3.51. The molecule has 1 saturated carbocycles. The highest BCUT2D eigenvalue weighted by Crippen LogP contribution is 2.64. The summed E-state index contributed by atoms with van der Waals surface area (Å²) in [5.74, 6) is -4.29. The lowest BCUT2D eigenvalue weighted by molar-refractivity contribution is -0.131. The van der Waals surface area contributed by atoms with Gasteiger partial charge in [-0.1, -0.05) is 59.6 Å². The Bertz CT molecular complexity index is 1650. The zero-order chi connectivity index (χ0) is 28.6. The van der Waals surface area contributed by atoms with Gasteiger partial charge in [0.1, 0.15) is 5.75 Å². The molecule has 0 spiro atoms. The van der Waals surface area contributed by atoms with Crippen LogP contribution in [0.3, 0.4) is 0 Å². The van der Waals surface area contributed by atoms with E-state index in [0.717, 1.165) is 5.57 Å². The number of halogens is 1. The lowest BCUT2D eigenvalue weighted by Crippen LogP contribution is -2.48. The van der Waals surface area contributed by atoms with Crippen LogP contribution in [0.5, 0.6) is 5.75 Å². The van der Waals surface area contributed by atoms with E-state index in [2.05, 4.69) is 0 Å². The van der Waals surface area contributed by atoms with Crippen LogP contribution in [-0.4, -0.2) is 28.7 Å². The predicted molar refractivity (Wildman–Crippen MR) is 153 cm³/mol. The second kappa shape index (κ2) is 9.14. The first-order valence-corrected chi connectivity index (χ1v) is 14.2. The standard InChI is InChI=1S/C33H27ClN2O5/c1-33-25(30(39)36(32(33)41)19-7-3-2-4-8-19)17-24-21(28(33)22-9-5-6-10-26(22)37)15-16-23-27(24)31(40)35(29(23)38)20-13-11-18(34)12-14-20/h2-15,23-25,27-28,37H,16-17H2,1H3/t23-,24+,25-,27-,28+,33+/m0/s1. The van der Waals surface area contributed by atoms with E-state index in [-0.39, 0.29) is 35.8 Å². The number of para-hydroxylation sites is 2. The molecule has 2 heterocycles. The molecule has 8 heteroatoms. The monoisotopic (exact) mass is 566 g/mol. The van der Waals surface area contributed by atoms with Crippen molar-refractivity contribution in [3.05, 3.63) is 101 Å². The molecule has 3 aromatic rings. The quantitative estimate of drug-likeness (QED) is 0.334. The van der Waals surface area contributed by atoms with Gasteiger partial charge in [-0.25, -0.2) is 4.90 Å². The minimum Gasteiger partial charge on any atom is -0.508 e. The molecule has 3 aromatic carbocycles. The molecule has 2 aliphatic carbocycles. The van der Waals surface area contributed by atoms with Crippen molar-refractivity contribution in [2.75, 3.05) is 9.80 Å². The molecule has 7 rings (SSSR count). The van der Waals surface area contributed by atoms with E-state index >= 15 is 0 Å². The van der Waals surface area contributed by atoms with E-state index in [9.17, 15) is 24.3 Å². The molecule has 0 radical (unpaired) electrons. The number of benzene rings is 3. The normalized spacial score (nSPS) is 30.7. The third-order valence-electron chi connectivity index (χ3n) is 9.62. The van der Waals surface area contributed by atoms with E-state index in [1.165, 1.54) is 9.80 Å². The van der Waals surface area contributed by atoms with Crippen LogP contribution in [0.1, 0.15) is 31.2 Å². The van der Waals surface area contributed by atoms with Gasteiger partial charge < -0.3 is 5.11 Å². The molecule has 0 bridgehead atoms. The molecular weight excluding hydrogens is 540 g/mol. The van der Waals surface area contributed by atoms with Crippen molar-refractivity contribution in [2.45, 2.75) is 25.7 Å². The first-order valence-electron chi connectivity index (χ1n) is 13.8. The SMILES string of the molecule is C[C@@]12C(=O)N(c3ccccc3)C(=O)[C@@H]1C[C@@H]1C(=CC[C@@H]3C(=O)N(c4ccc(Cl)cc4)C(=O)[C@@H]31)[C@@H]2c1ccccc1O. The largest absolute Gasteiger partial charge is 0.508 e. The molecule has 2 aliphatic heterocycles. The summed E-state index contributed by atoms with van der Waals surface area (Å²) in [5, 5.41) is 11.5. The molecule has 41 heavy (non-hydrogen) atoms. The maximum absolute atomic E-state index is 14.3. The smallest absolute Gasteiger partial charge is 0.241 e. The van der Waals surface area contributed by atoms with Gasteiger partial charge in [0.25, 0.3) is 0 Å². The molecule has 4 aliphatic rings. The highest BCUT2D eigenvalue weighted by Gasteiger charge is 2.67. The van der Waals surface area contributed by atoms with E-state index in [4.69, 9.17) is 11.6 Å². The molecule has 6 atom stereocenters. The number of nitrogens with zero attached hydrogens (tertiary/aromatic N) is 2. The van der Waals surface area contributed by atoms with Crippen LogP contribution < -0.4 is 9.80 Å². The predicted octanol–water partition coefficient (Wildman–Crippen LogP) is 5.48. The summed E-state index contributed by atoms with van der Waals surface area (Å²) < 4.78 is 0. The maximum atomic E-state index is 14.3. The Morgan fingerprint density at radius 1 is 0.780 bits per heavy atom. The fourth-order valence-corrected chi connectivity index (χ4v) is 7.88. The van der Waals surface area contributed by atoms with Gasteiger partial charge in [0.2, 0.25) is 23.6 Å². The van der Waals surface area contributed by atoms with Crippen molar-refractivity contribution in [1.29, 1.82) is 0 Å². The van der Waals surface area contributed by atoms with Crippen LogP contribution in [-0.2, 0) is 19.2 Å². The lowest BCUT2D eigenvalue weighted by atomic mass is 9.51.